The van der Waals surface area contributed by atoms with Crippen LogP contribution >= 0.6 is 0 Å². The molecule has 22 nitrogen and oxygen atoms in total. The first-order valence-electron chi connectivity index (χ1n) is 19.4. The Morgan fingerprint density at radius 3 is 0.615 bits per heavy atom. The first kappa shape index (κ1) is 104. The second-order valence-corrected chi connectivity index (χ2v) is 13.0. The Hall–Kier alpha value is -6.44. The molecule has 0 aliphatic carbocycles. The molecule has 0 spiro atoms. The van der Waals surface area contributed by atoms with Crippen LogP contribution in [0.5, 0.6) is 0 Å². The predicted octanol–water partition coefficient (Wildman–Crippen LogP) is 10.2. The van der Waals surface area contributed by atoms with Gasteiger partial charge in [-0.25, -0.2) is 33.9 Å². The second-order valence-electron chi connectivity index (χ2n) is 13.0. The van der Waals surface area contributed by atoms with Crippen molar-refractivity contribution < 1.29 is 194 Å². The summed E-state index contributed by atoms with van der Waals surface area (Å²) in [4.78, 5) is 93.5. The van der Waals surface area contributed by atoms with Gasteiger partial charge in [0.25, 0.3) is 34.2 Å². The second kappa shape index (κ2) is 61.4. The van der Waals surface area contributed by atoms with Gasteiger partial charge in [-0.05, 0) is 95.6 Å². The fraction of sp³-hybridized carbons (Fsp3) is 0.306. The maximum Gasteiger partial charge on any atom is 0.339 e. The van der Waals surface area contributed by atoms with Crippen LogP contribution in [0.1, 0.15) is 95.6 Å². The molecular formula is C49H55Cu7N7O15. The molecule has 0 aromatic heterocycles. The first-order valence-corrected chi connectivity index (χ1v) is 19.4. The zero-order valence-corrected chi connectivity index (χ0v) is 50.0. The van der Waals surface area contributed by atoms with E-state index in [1.807, 2.05) is 30.3 Å². The van der Waals surface area contributed by atoms with E-state index in [-0.39, 0.29) is 206 Å². The summed E-state index contributed by atoms with van der Waals surface area (Å²) in [6.45, 7) is 62.0. The normalized spacial score (nSPS) is 10.5. The molecule has 1 rings (SSSR count). The number of allylic oxidation sites excluding steroid dienone is 13. The maximum absolute atomic E-state index is 11.4. The van der Waals surface area contributed by atoms with Crippen LogP contribution in [0.25, 0.3) is 33.9 Å². The van der Waals surface area contributed by atoms with Gasteiger partial charge in [0.1, 0.15) is 40.3 Å². The van der Waals surface area contributed by atoms with Gasteiger partial charge in [0.05, 0.1) is 52.6 Å². The monoisotopic (exact) mass is 1420 g/mol. The Morgan fingerprint density at radius 2 is 0.500 bits per heavy atom. The van der Waals surface area contributed by atoms with Crippen molar-refractivity contribution in [3.8, 4) is 0 Å². The van der Waals surface area contributed by atoms with Gasteiger partial charge in [-0.3, -0.25) is 4.79 Å². The molecule has 0 saturated carbocycles. The number of hydrogen-bond acceptors (Lipinski definition) is 15. The van der Waals surface area contributed by atoms with Gasteiger partial charge in [0, 0.05) is 126 Å². The van der Waals surface area contributed by atoms with E-state index in [2.05, 4.69) is 33.9 Å². The van der Waals surface area contributed by atoms with Crippen LogP contribution in [0.2, 0.25) is 0 Å². The van der Waals surface area contributed by atoms with Gasteiger partial charge < -0.3 is 69.2 Å². The van der Waals surface area contributed by atoms with E-state index in [0.717, 1.165) is 5.56 Å². The zero-order valence-electron chi connectivity index (χ0n) is 43.4. The van der Waals surface area contributed by atoms with Crippen molar-refractivity contribution in [1.82, 2.24) is 0 Å². The van der Waals surface area contributed by atoms with Crippen LogP contribution in [-0.4, -0.2) is 83.0 Å². The van der Waals surface area contributed by atoms with E-state index >= 15 is 0 Å². The third kappa shape index (κ3) is 54.3. The van der Waals surface area contributed by atoms with Crippen LogP contribution in [0.15, 0.2) is 111 Å². The van der Waals surface area contributed by atoms with Crippen LogP contribution in [0, 0.1) is 46.0 Å². The summed E-state index contributed by atoms with van der Waals surface area (Å²) in [5, 5.41) is 60.8. The van der Waals surface area contributed by atoms with Crippen molar-refractivity contribution >= 4 is 40.7 Å². The van der Waals surface area contributed by atoms with Crippen LogP contribution < -0.4 is 0 Å². The number of nitrogens with zero attached hydrogens (tertiary/aromatic N) is 7. The number of esters is 1. The number of Topliss-reactive ketones (excluding diaryl/α,β-unsaturated/α-hetero) is 6. The molecule has 0 heterocycles. The van der Waals surface area contributed by atoms with Gasteiger partial charge in [-0.2, -0.15) is 0 Å². The van der Waals surface area contributed by atoms with E-state index < -0.39 is 40.7 Å². The Labute approximate surface area is 529 Å². The third-order valence-corrected chi connectivity index (χ3v) is 6.84. The number of ether oxygens (including phenoxy) is 1. The van der Waals surface area contributed by atoms with Crippen LogP contribution in [0.4, 0.5) is 0 Å². The van der Waals surface area contributed by atoms with Crippen molar-refractivity contribution in [2.24, 2.45) is 0 Å². The number of aliphatic hydroxyl groups is 7. The number of benzene rings is 1. The largest absolute Gasteiger partial charge is 0.523 e. The number of carbonyl (C=O) groups excluding carboxylic acids is 7. The van der Waals surface area contributed by atoms with Crippen molar-refractivity contribution in [1.29, 1.82) is 0 Å². The molecule has 7 radical (unpaired) electrons. The third-order valence-electron chi connectivity index (χ3n) is 6.84. The Morgan fingerprint density at radius 1 is 0.333 bits per heavy atom. The van der Waals surface area contributed by atoms with Gasteiger partial charge >= 0.3 is 11.7 Å². The van der Waals surface area contributed by atoms with Crippen molar-refractivity contribution in [3.63, 3.8) is 0 Å². The van der Waals surface area contributed by atoms with Gasteiger partial charge in [-0.1, -0.05) is 30.3 Å². The smallest absolute Gasteiger partial charge is 0.339 e. The average molecular weight is 1430 g/mol. The summed E-state index contributed by atoms with van der Waals surface area (Å²) in [6, 6.07) is 9.57. The molecule has 0 saturated heterocycles. The first-order chi connectivity index (χ1) is 32.7. The number of rotatable bonds is 10. The summed E-state index contributed by atoms with van der Waals surface area (Å²) < 4.78 is 4.89. The molecule has 0 amide bonds. The predicted molar refractivity (Wildman–Crippen MR) is 259 cm³/mol. The van der Waals surface area contributed by atoms with Crippen molar-refractivity contribution in [3.05, 3.63) is 196 Å². The van der Waals surface area contributed by atoms with Crippen molar-refractivity contribution in [2.75, 3.05) is 6.61 Å². The molecule has 0 fully saturated rings. The molecule has 7 N–H and O–H groups in total. The van der Waals surface area contributed by atoms with Gasteiger partial charge in [-0.15, -0.1) is 0 Å². The number of aliphatic hydroxyl groups excluding tert-OH is 7. The maximum atomic E-state index is 11.4. The molecule has 0 atom stereocenters. The molecule has 453 valence electrons. The average Bonchev–Trinajstić information content (AvgIpc) is 3.22. The molecule has 0 aliphatic rings. The molecule has 0 unspecified atom stereocenters. The molecule has 78 heavy (non-hydrogen) atoms. The van der Waals surface area contributed by atoms with Gasteiger partial charge in [0.15, 0.2) is 34.7 Å². The molecule has 0 bridgehead atoms. The minimum atomic E-state index is -0.782. The van der Waals surface area contributed by atoms with E-state index in [1.165, 1.54) is 90.0 Å². The minimum absolute atomic E-state index is 0. The molecule has 1 aromatic rings. The van der Waals surface area contributed by atoms with E-state index in [0.29, 0.717) is 6.42 Å². The molecule has 29 heteroatoms. The van der Waals surface area contributed by atoms with Gasteiger partial charge in [0.2, 0.25) is 0 Å². The standard InChI is InChI=1S/C13H13NO3.6C6H7NO2.7Cu/c1-10(15)12(14-2)13(16)17-9-8-11-6-4-3-5-7-11;6*1-4(8)6(7-3)5(2)9;;;;;;;/h3-7,15H,8-9H2,1H3;6*8H,1-2H3;;;;;;;. The summed E-state index contributed by atoms with van der Waals surface area (Å²) in [6.07, 6.45) is 0.586. The molecular weight excluding hydrogens is 1370 g/mol. The summed E-state index contributed by atoms with van der Waals surface area (Å²) in [5.74, 6) is -4.75. The summed E-state index contributed by atoms with van der Waals surface area (Å²) in [5.41, 5.74) is -0.424. The Balaban J connectivity index is -0.0000000576. The Bertz CT molecular complexity index is 2300. The summed E-state index contributed by atoms with van der Waals surface area (Å²) >= 11 is 0. The van der Waals surface area contributed by atoms with Crippen LogP contribution in [-0.2, 0) is 164 Å². The minimum Gasteiger partial charge on any atom is -0.523 e. The number of hydrogen-bond donors (Lipinski definition) is 7. The number of ketones is 6. The Kier molecular flexibility index (Phi) is 81.8. The fourth-order valence-corrected chi connectivity index (χ4v) is 3.74. The van der Waals surface area contributed by atoms with Crippen molar-refractivity contribution in [2.45, 2.75) is 96.4 Å². The SMILES string of the molecule is [C-]#[N+]C(C(=O)OCCc1ccccc1)=C(C)O.[C-]#[N+]C(C(C)=O)=C(C)O.[C-]#[N+]C(C(C)=O)=C(C)O.[C-]#[N+]C(C(C)=O)=C(C)O.[C-]#[N+]C(C(C)=O)=C(C)O.[C-]#[N+]C(C(C)=O)=C(C)O.[C-]#[N+]C(C(C)=O)=C(C)O.[Cu].[Cu].[Cu].[Cu].[Cu].[Cu].[Cu]. The quantitative estimate of drug-likeness (QED) is 0.0377. The van der Waals surface area contributed by atoms with E-state index in [4.69, 9.17) is 86.5 Å². The van der Waals surface area contributed by atoms with Crippen LogP contribution in [0.3, 0.4) is 0 Å². The van der Waals surface area contributed by atoms with E-state index in [9.17, 15) is 33.6 Å². The topological polar surface area (TPSA) is 301 Å². The zero-order chi connectivity index (χ0) is 57.3. The van der Waals surface area contributed by atoms with E-state index in [1.54, 1.807) is 0 Å². The summed E-state index contributed by atoms with van der Waals surface area (Å²) in [7, 11) is 0. The molecule has 0 aliphatic heterocycles. The molecule has 1 aromatic carbocycles. The fourth-order valence-electron chi connectivity index (χ4n) is 3.74. The number of carbonyl (C=O) groups is 7.